The first-order chi connectivity index (χ1) is 11.2. The Morgan fingerprint density at radius 2 is 1.75 bits per heavy atom. The van der Waals surface area contributed by atoms with Gasteiger partial charge in [-0.1, -0.05) is 6.07 Å². The maximum absolute atomic E-state index is 12.0. The molecular formula is C18H22O6. The first-order valence-corrected chi connectivity index (χ1v) is 7.83. The smallest absolute Gasteiger partial charge is 0.348 e. The summed E-state index contributed by atoms with van der Waals surface area (Å²) in [6.45, 7) is 9.17. The molecule has 0 spiro atoms. The SMILES string of the molecule is CCOc1cc(C=C2C(=O)OC(C)(C)OC2=O)ccc1OC(C)C. The number of carbonyl (C=O) groups excluding carboxylic acids is 2. The topological polar surface area (TPSA) is 71.1 Å². The number of hydrogen-bond acceptors (Lipinski definition) is 6. The van der Waals surface area contributed by atoms with Crippen LogP contribution in [0, 0.1) is 0 Å². The summed E-state index contributed by atoms with van der Waals surface area (Å²) in [5, 5.41) is 0. The van der Waals surface area contributed by atoms with Crippen LogP contribution >= 0.6 is 0 Å². The molecule has 1 aromatic carbocycles. The first-order valence-electron chi connectivity index (χ1n) is 7.83. The molecule has 0 aliphatic carbocycles. The van der Waals surface area contributed by atoms with Crippen LogP contribution in [0.4, 0.5) is 0 Å². The van der Waals surface area contributed by atoms with Gasteiger partial charge in [0.2, 0.25) is 0 Å². The third kappa shape index (κ3) is 4.28. The van der Waals surface area contributed by atoms with Gasteiger partial charge >= 0.3 is 11.9 Å². The molecule has 0 atom stereocenters. The lowest BCUT2D eigenvalue weighted by Gasteiger charge is -2.29. The highest BCUT2D eigenvalue weighted by Gasteiger charge is 2.38. The van der Waals surface area contributed by atoms with E-state index in [0.29, 0.717) is 23.7 Å². The van der Waals surface area contributed by atoms with E-state index in [2.05, 4.69) is 0 Å². The molecule has 2 rings (SSSR count). The van der Waals surface area contributed by atoms with E-state index >= 15 is 0 Å². The molecule has 0 amide bonds. The van der Waals surface area contributed by atoms with Crippen LogP contribution in [0.25, 0.3) is 6.08 Å². The van der Waals surface area contributed by atoms with E-state index in [0.717, 1.165) is 0 Å². The van der Waals surface area contributed by atoms with Crippen molar-refractivity contribution in [3.8, 4) is 11.5 Å². The molecule has 6 heteroatoms. The number of ether oxygens (including phenoxy) is 4. The van der Waals surface area contributed by atoms with Gasteiger partial charge in [0, 0.05) is 13.8 Å². The highest BCUT2D eigenvalue weighted by atomic mass is 16.7. The predicted octanol–water partition coefficient (Wildman–Crippen LogP) is 3.09. The Hall–Kier alpha value is -2.50. The summed E-state index contributed by atoms with van der Waals surface area (Å²) in [4.78, 5) is 24.0. The van der Waals surface area contributed by atoms with Gasteiger partial charge in [-0.2, -0.15) is 0 Å². The van der Waals surface area contributed by atoms with Gasteiger partial charge < -0.3 is 18.9 Å². The van der Waals surface area contributed by atoms with Crippen LogP contribution in [0.1, 0.15) is 40.2 Å². The van der Waals surface area contributed by atoms with Crippen molar-refractivity contribution < 1.29 is 28.5 Å². The normalized spacial score (nSPS) is 16.5. The van der Waals surface area contributed by atoms with Gasteiger partial charge in [-0.3, -0.25) is 0 Å². The van der Waals surface area contributed by atoms with Crippen LogP contribution in [0.15, 0.2) is 23.8 Å². The Balaban J connectivity index is 2.33. The van der Waals surface area contributed by atoms with Crippen molar-refractivity contribution >= 4 is 18.0 Å². The molecule has 1 aliphatic heterocycles. The number of carbonyl (C=O) groups is 2. The molecule has 0 N–H and O–H groups in total. The van der Waals surface area contributed by atoms with Crippen LogP contribution < -0.4 is 9.47 Å². The van der Waals surface area contributed by atoms with Gasteiger partial charge in [-0.05, 0) is 44.5 Å². The molecule has 1 heterocycles. The molecular weight excluding hydrogens is 312 g/mol. The van der Waals surface area contributed by atoms with Crippen molar-refractivity contribution in [3.05, 3.63) is 29.3 Å². The third-order valence-electron chi connectivity index (χ3n) is 3.06. The Kier molecular flexibility index (Phi) is 5.17. The minimum Gasteiger partial charge on any atom is -0.490 e. The highest BCUT2D eigenvalue weighted by molar-refractivity contribution is 6.18. The van der Waals surface area contributed by atoms with E-state index in [1.165, 1.54) is 19.9 Å². The van der Waals surface area contributed by atoms with Crippen molar-refractivity contribution in [2.24, 2.45) is 0 Å². The summed E-state index contributed by atoms with van der Waals surface area (Å²) in [5.74, 6) is -1.53. The Morgan fingerprint density at radius 1 is 1.12 bits per heavy atom. The van der Waals surface area contributed by atoms with Crippen molar-refractivity contribution in [2.75, 3.05) is 6.61 Å². The van der Waals surface area contributed by atoms with Crippen LogP contribution in [0.5, 0.6) is 11.5 Å². The highest BCUT2D eigenvalue weighted by Crippen LogP contribution is 2.31. The molecule has 0 bridgehead atoms. The van der Waals surface area contributed by atoms with E-state index < -0.39 is 17.7 Å². The van der Waals surface area contributed by atoms with Gasteiger partial charge in [0.05, 0.1) is 12.7 Å². The molecule has 6 nitrogen and oxygen atoms in total. The van der Waals surface area contributed by atoms with Gasteiger partial charge in [-0.15, -0.1) is 0 Å². The van der Waals surface area contributed by atoms with Gasteiger partial charge in [-0.25, -0.2) is 9.59 Å². The van der Waals surface area contributed by atoms with E-state index in [1.807, 2.05) is 20.8 Å². The van der Waals surface area contributed by atoms with Crippen molar-refractivity contribution in [2.45, 2.75) is 46.5 Å². The zero-order chi connectivity index (χ0) is 17.9. The molecule has 1 fully saturated rings. The third-order valence-corrected chi connectivity index (χ3v) is 3.06. The average Bonchev–Trinajstić information content (AvgIpc) is 2.44. The molecule has 0 unspecified atom stereocenters. The zero-order valence-electron chi connectivity index (χ0n) is 14.5. The molecule has 1 aliphatic rings. The number of hydrogen-bond donors (Lipinski definition) is 0. The molecule has 0 aromatic heterocycles. The van der Waals surface area contributed by atoms with Crippen molar-refractivity contribution in [1.82, 2.24) is 0 Å². The molecule has 0 saturated carbocycles. The lowest BCUT2D eigenvalue weighted by molar-refractivity contribution is -0.222. The Morgan fingerprint density at radius 3 is 2.29 bits per heavy atom. The standard InChI is InChI=1S/C18H22O6/c1-6-21-15-10-12(7-8-14(15)22-11(2)3)9-13-16(19)23-18(4,5)24-17(13)20/h7-11H,6H2,1-5H3. The molecule has 1 aromatic rings. The zero-order valence-corrected chi connectivity index (χ0v) is 14.5. The largest absolute Gasteiger partial charge is 0.490 e. The van der Waals surface area contributed by atoms with Crippen LogP contribution in [-0.2, 0) is 19.1 Å². The fourth-order valence-corrected chi connectivity index (χ4v) is 2.18. The quantitative estimate of drug-likeness (QED) is 0.468. The molecule has 1 saturated heterocycles. The van der Waals surface area contributed by atoms with Gasteiger partial charge in [0.1, 0.15) is 5.57 Å². The second kappa shape index (κ2) is 6.95. The van der Waals surface area contributed by atoms with E-state index in [4.69, 9.17) is 18.9 Å². The number of esters is 2. The lowest BCUT2D eigenvalue weighted by atomic mass is 10.1. The second-order valence-electron chi connectivity index (χ2n) is 6.04. The fourth-order valence-electron chi connectivity index (χ4n) is 2.18. The van der Waals surface area contributed by atoms with Crippen LogP contribution in [0.3, 0.4) is 0 Å². The summed E-state index contributed by atoms with van der Waals surface area (Å²) in [6.07, 6.45) is 1.42. The first kappa shape index (κ1) is 17.8. The van der Waals surface area contributed by atoms with Crippen molar-refractivity contribution in [1.29, 1.82) is 0 Å². The monoisotopic (exact) mass is 334 g/mol. The summed E-state index contributed by atoms with van der Waals surface area (Å²) >= 11 is 0. The maximum Gasteiger partial charge on any atom is 0.348 e. The minimum absolute atomic E-state index is 0.000979. The molecule has 24 heavy (non-hydrogen) atoms. The summed E-state index contributed by atoms with van der Waals surface area (Å²) < 4.78 is 21.4. The lowest BCUT2D eigenvalue weighted by Crippen LogP contribution is -2.41. The second-order valence-corrected chi connectivity index (χ2v) is 6.04. The van der Waals surface area contributed by atoms with Gasteiger partial charge in [0.25, 0.3) is 5.79 Å². The predicted molar refractivity (Wildman–Crippen MR) is 87.6 cm³/mol. The summed E-state index contributed by atoms with van der Waals surface area (Å²) in [7, 11) is 0. The fraction of sp³-hybridized carbons (Fsp3) is 0.444. The molecule has 0 radical (unpaired) electrons. The average molecular weight is 334 g/mol. The van der Waals surface area contributed by atoms with Crippen LogP contribution in [0.2, 0.25) is 0 Å². The maximum atomic E-state index is 12.0. The number of rotatable bonds is 5. The van der Waals surface area contributed by atoms with E-state index in [1.54, 1.807) is 18.2 Å². The van der Waals surface area contributed by atoms with Crippen LogP contribution in [-0.4, -0.2) is 30.4 Å². The van der Waals surface area contributed by atoms with E-state index in [-0.39, 0.29) is 11.7 Å². The number of benzene rings is 1. The van der Waals surface area contributed by atoms with E-state index in [9.17, 15) is 9.59 Å². The minimum atomic E-state index is -1.25. The number of cyclic esters (lactones) is 2. The summed E-state index contributed by atoms with van der Waals surface area (Å²) in [6, 6.07) is 5.17. The van der Waals surface area contributed by atoms with Crippen molar-refractivity contribution in [3.63, 3.8) is 0 Å². The molecule has 130 valence electrons. The Bertz CT molecular complexity index is 650. The summed E-state index contributed by atoms with van der Waals surface area (Å²) in [5.41, 5.74) is 0.451. The Labute approximate surface area is 141 Å². The van der Waals surface area contributed by atoms with Gasteiger partial charge in [0.15, 0.2) is 11.5 Å².